The highest BCUT2D eigenvalue weighted by Crippen LogP contribution is 2.44. The van der Waals surface area contributed by atoms with Crippen molar-refractivity contribution in [3.8, 4) is 0 Å². The summed E-state index contributed by atoms with van der Waals surface area (Å²) in [5.74, 6) is -0.966. The average Bonchev–Trinajstić information content (AvgIpc) is 2.87. The van der Waals surface area contributed by atoms with E-state index >= 15 is 0 Å². The third kappa shape index (κ3) is 2.99. The van der Waals surface area contributed by atoms with Gasteiger partial charge >= 0.3 is 5.97 Å². The van der Waals surface area contributed by atoms with Crippen molar-refractivity contribution >= 4 is 17.7 Å². The van der Waals surface area contributed by atoms with Gasteiger partial charge in [0.25, 0.3) is 0 Å². The number of hydrogen-bond acceptors (Lipinski definition) is 4. The minimum atomic E-state index is -0.966. The molecule has 2 fully saturated rings. The van der Waals surface area contributed by atoms with E-state index < -0.39 is 5.97 Å². The van der Waals surface area contributed by atoms with Crippen molar-refractivity contribution in [1.29, 1.82) is 0 Å². The molecule has 0 bridgehead atoms. The lowest BCUT2D eigenvalue weighted by molar-refractivity contribution is -0.0704. The highest BCUT2D eigenvalue weighted by molar-refractivity contribution is 8.00. The second-order valence-corrected chi connectivity index (χ2v) is 7.03. The van der Waals surface area contributed by atoms with Gasteiger partial charge in [0.05, 0.1) is 5.60 Å². The average molecular weight is 293 g/mol. The van der Waals surface area contributed by atoms with Crippen molar-refractivity contribution in [2.45, 2.75) is 54.3 Å². The fraction of sp³-hybridized carbons (Fsp3) is 0.600. The van der Waals surface area contributed by atoms with E-state index in [2.05, 4.69) is 4.98 Å². The molecule has 4 nitrogen and oxygen atoms in total. The zero-order valence-electron chi connectivity index (χ0n) is 11.4. The van der Waals surface area contributed by atoms with Gasteiger partial charge in [-0.05, 0) is 37.8 Å². The van der Waals surface area contributed by atoms with E-state index in [1.807, 2.05) is 6.07 Å². The maximum Gasteiger partial charge on any atom is 0.354 e. The van der Waals surface area contributed by atoms with Crippen LogP contribution in [0.2, 0.25) is 0 Å². The van der Waals surface area contributed by atoms with Crippen LogP contribution in [0.3, 0.4) is 0 Å². The van der Waals surface area contributed by atoms with Crippen molar-refractivity contribution in [3.05, 3.63) is 24.0 Å². The van der Waals surface area contributed by atoms with Crippen LogP contribution in [0.5, 0.6) is 0 Å². The Labute approximate surface area is 122 Å². The zero-order valence-corrected chi connectivity index (χ0v) is 12.2. The van der Waals surface area contributed by atoms with Crippen LogP contribution >= 0.6 is 11.8 Å². The summed E-state index contributed by atoms with van der Waals surface area (Å²) in [5.41, 5.74) is 0.233. The first-order valence-electron chi connectivity index (χ1n) is 7.17. The molecular weight excluding hydrogens is 274 g/mol. The molecule has 0 amide bonds. The van der Waals surface area contributed by atoms with Crippen molar-refractivity contribution in [3.63, 3.8) is 0 Å². The summed E-state index contributed by atoms with van der Waals surface area (Å²) < 4.78 is 6.04. The van der Waals surface area contributed by atoms with Crippen LogP contribution in [-0.2, 0) is 4.74 Å². The van der Waals surface area contributed by atoms with Crippen molar-refractivity contribution in [1.82, 2.24) is 4.98 Å². The van der Waals surface area contributed by atoms with Gasteiger partial charge in [-0.1, -0.05) is 12.8 Å². The number of aromatic carboxylic acids is 1. The lowest BCUT2D eigenvalue weighted by atomic mass is 9.92. The molecule has 1 saturated heterocycles. The largest absolute Gasteiger partial charge is 0.477 e. The van der Waals surface area contributed by atoms with Gasteiger partial charge in [0, 0.05) is 22.9 Å². The lowest BCUT2D eigenvalue weighted by Crippen LogP contribution is -2.38. The molecule has 0 aromatic carbocycles. The van der Waals surface area contributed by atoms with Crippen LogP contribution < -0.4 is 0 Å². The highest BCUT2D eigenvalue weighted by Gasteiger charge is 2.40. The van der Waals surface area contributed by atoms with Crippen molar-refractivity contribution in [2.24, 2.45) is 0 Å². The number of carboxylic acid groups (broad SMARTS) is 1. The maximum atomic E-state index is 11.0. The summed E-state index contributed by atoms with van der Waals surface area (Å²) in [6, 6.07) is 3.57. The first-order valence-corrected chi connectivity index (χ1v) is 8.05. The Hall–Kier alpha value is -1.07. The van der Waals surface area contributed by atoms with Crippen LogP contribution in [0, 0.1) is 0 Å². The quantitative estimate of drug-likeness (QED) is 0.926. The molecule has 2 aliphatic rings. The molecule has 1 unspecified atom stereocenters. The van der Waals surface area contributed by atoms with Crippen LogP contribution in [0.15, 0.2) is 23.2 Å². The minimum Gasteiger partial charge on any atom is -0.477 e. The molecule has 3 rings (SSSR count). The Morgan fingerprint density at radius 2 is 2.25 bits per heavy atom. The molecule has 20 heavy (non-hydrogen) atoms. The molecule has 2 heterocycles. The lowest BCUT2D eigenvalue weighted by Gasteiger charge is -2.38. The summed E-state index contributed by atoms with van der Waals surface area (Å²) in [7, 11) is 0. The number of carboxylic acids is 1. The number of aromatic nitrogens is 1. The number of ether oxygens (including phenoxy) is 1. The molecule has 108 valence electrons. The van der Waals surface area contributed by atoms with Crippen LogP contribution in [0.4, 0.5) is 0 Å². The molecule has 1 saturated carbocycles. The summed E-state index contributed by atoms with van der Waals surface area (Å²) in [4.78, 5) is 15.8. The Bertz CT molecular complexity index is 500. The van der Waals surface area contributed by atoms with Gasteiger partial charge in [0.2, 0.25) is 0 Å². The van der Waals surface area contributed by atoms with E-state index in [-0.39, 0.29) is 11.3 Å². The summed E-state index contributed by atoms with van der Waals surface area (Å²) in [6.07, 6.45) is 8.61. The SMILES string of the molecule is O=C(O)c1cc(SC2CCOC3(CCCC3)C2)ccn1. The molecule has 1 aliphatic carbocycles. The molecule has 1 atom stereocenters. The smallest absolute Gasteiger partial charge is 0.354 e. The molecule has 1 aromatic heterocycles. The van der Waals surface area contributed by atoms with Gasteiger partial charge in [-0.15, -0.1) is 11.8 Å². The van der Waals surface area contributed by atoms with Gasteiger partial charge in [0.1, 0.15) is 5.69 Å². The van der Waals surface area contributed by atoms with E-state index in [1.54, 1.807) is 24.0 Å². The molecular formula is C15H19NO3S. The summed E-state index contributed by atoms with van der Waals surface area (Å²) in [5, 5.41) is 9.51. The third-order valence-electron chi connectivity index (χ3n) is 4.22. The molecule has 1 aromatic rings. The van der Waals surface area contributed by atoms with Crippen LogP contribution in [0.1, 0.15) is 49.0 Å². The number of carbonyl (C=O) groups is 1. The predicted octanol–water partition coefficient (Wildman–Crippen LogP) is 3.36. The number of rotatable bonds is 3. The van der Waals surface area contributed by atoms with Gasteiger partial charge in [-0.2, -0.15) is 0 Å². The van der Waals surface area contributed by atoms with Gasteiger partial charge in [-0.25, -0.2) is 9.78 Å². The monoisotopic (exact) mass is 293 g/mol. The van der Waals surface area contributed by atoms with Gasteiger partial charge in [-0.3, -0.25) is 0 Å². The second-order valence-electron chi connectivity index (χ2n) is 5.65. The fourth-order valence-electron chi connectivity index (χ4n) is 3.25. The van der Waals surface area contributed by atoms with E-state index in [1.165, 1.54) is 25.7 Å². The standard InChI is InChI=1S/C15H19NO3S/c17-14(18)13-9-11(3-7-16-13)20-12-4-8-19-15(10-12)5-1-2-6-15/h3,7,9,12H,1-2,4-6,8,10H2,(H,17,18). The molecule has 0 radical (unpaired) electrons. The second kappa shape index (κ2) is 5.74. The van der Waals surface area contributed by atoms with Crippen molar-refractivity contribution in [2.75, 3.05) is 6.61 Å². The summed E-state index contributed by atoms with van der Waals surface area (Å²) >= 11 is 1.77. The van der Waals surface area contributed by atoms with Crippen molar-refractivity contribution < 1.29 is 14.6 Å². The predicted molar refractivity (Wildman–Crippen MR) is 77.2 cm³/mol. The molecule has 5 heteroatoms. The summed E-state index contributed by atoms with van der Waals surface area (Å²) in [6.45, 7) is 0.828. The van der Waals surface area contributed by atoms with Gasteiger partial charge < -0.3 is 9.84 Å². The van der Waals surface area contributed by atoms with E-state index in [9.17, 15) is 4.79 Å². The maximum absolute atomic E-state index is 11.0. The van der Waals surface area contributed by atoms with E-state index in [0.29, 0.717) is 5.25 Å². The van der Waals surface area contributed by atoms with Crippen LogP contribution in [0.25, 0.3) is 0 Å². The number of nitrogens with zero attached hydrogens (tertiary/aromatic N) is 1. The minimum absolute atomic E-state index is 0.110. The Balaban J connectivity index is 1.68. The highest BCUT2D eigenvalue weighted by atomic mass is 32.2. The first-order chi connectivity index (χ1) is 9.67. The van der Waals surface area contributed by atoms with Crippen LogP contribution in [-0.4, -0.2) is 33.5 Å². The zero-order chi connectivity index (χ0) is 14.0. The van der Waals surface area contributed by atoms with Gasteiger partial charge in [0.15, 0.2) is 0 Å². The number of thioether (sulfide) groups is 1. The van der Waals surface area contributed by atoms with E-state index in [4.69, 9.17) is 9.84 Å². The number of hydrogen-bond donors (Lipinski definition) is 1. The Morgan fingerprint density at radius 3 is 3.00 bits per heavy atom. The fourth-order valence-corrected chi connectivity index (χ4v) is 4.55. The third-order valence-corrected chi connectivity index (χ3v) is 5.48. The Kier molecular flexibility index (Phi) is 3.98. The first kappa shape index (κ1) is 13.9. The molecule has 1 spiro atoms. The topological polar surface area (TPSA) is 59.4 Å². The Morgan fingerprint density at radius 1 is 1.45 bits per heavy atom. The number of pyridine rings is 1. The van der Waals surface area contributed by atoms with E-state index in [0.717, 1.165) is 24.3 Å². The normalized spacial score (nSPS) is 24.9. The molecule has 1 aliphatic heterocycles. The molecule has 1 N–H and O–H groups in total.